The average molecular weight is 248 g/mol. The topological polar surface area (TPSA) is 55.1 Å². The lowest BCUT2D eigenvalue weighted by Crippen LogP contribution is -2.20. The van der Waals surface area contributed by atoms with E-state index in [1.54, 1.807) is 0 Å². The van der Waals surface area contributed by atoms with Gasteiger partial charge in [0.05, 0.1) is 0 Å². The zero-order valence-electron chi connectivity index (χ0n) is 9.61. The predicted molar refractivity (Wildman–Crippen MR) is 72.9 cm³/mol. The van der Waals surface area contributed by atoms with Gasteiger partial charge in [-0.1, -0.05) is 37.2 Å². The molecule has 0 unspecified atom stereocenters. The van der Waals surface area contributed by atoms with Crippen LogP contribution < -0.4 is 11.1 Å². The number of amides is 1. The van der Waals surface area contributed by atoms with E-state index in [4.69, 9.17) is 18.0 Å². The van der Waals surface area contributed by atoms with Gasteiger partial charge in [0.15, 0.2) is 0 Å². The molecule has 90 valence electrons. The Labute approximate surface area is 106 Å². The molecule has 1 aromatic rings. The van der Waals surface area contributed by atoms with Crippen molar-refractivity contribution in [3.05, 3.63) is 29.8 Å². The standard InChI is InChI=1S/C13H16N2OS/c14-12(17)10-6-3-7-11(8-10)15-13(16)9-4-1-2-5-9/h3,6-9H,1-2,4-5H2,(H2,14,17)(H,15,16). The smallest absolute Gasteiger partial charge is 0.227 e. The van der Waals surface area contributed by atoms with E-state index in [1.165, 1.54) is 0 Å². The Morgan fingerprint density at radius 2 is 2.06 bits per heavy atom. The number of nitrogens with two attached hydrogens (primary N) is 1. The summed E-state index contributed by atoms with van der Waals surface area (Å²) in [5.41, 5.74) is 7.11. The number of thiocarbonyl (C=S) groups is 1. The van der Waals surface area contributed by atoms with E-state index in [0.717, 1.165) is 36.9 Å². The quantitative estimate of drug-likeness (QED) is 0.808. The second-order valence-corrected chi connectivity index (χ2v) is 4.86. The van der Waals surface area contributed by atoms with Gasteiger partial charge in [0.2, 0.25) is 5.91 Å². The highest BCUT2D eigenvalue weighted by atomic mass is 32.1. The molecule has 1 fully saturated rings. The van der Waals surface area contributed by atoms with Crippen molar-refractivity contribution in [2.24, 2.45) is 11.7 Å². The third-order valence-corrected chi connectivity index (χ3v) is 3.38. The molecule has 0 saturated heterocycles. The van der Waals surface area contributed by atoms with Crippen molar-refractivity contribution in [2.45, 2.75) is 25.7 Å². The van der Waals surface area contributed by atoms with Gasteiger partial charge in [0.1, 0.15) is 4.99 Å². The highest BCUT2D eigenvalue weighted by molar-refractivity contribution is 7.80. The molecule has 4 heteroatoms. The molecule has 1 aliphatic carbocycles. The summed E-state index contributed by atoms with van der Waals surface area (Å²) < 4.78 is 0. The van der Waals surface area contributed by atoms with E-state index in [9.17, 15) is 4.79 Å². The molecule has 1 aromatic carbocycles. The highest BCUT2D eigenvalue weighted by Gasteiger charge is 2.22. The van der Waals surface area contributed by atoms with Crippen molar-refractivity contribution in [1.82, 2.24) is 0 Å². The molecule has 0 aliphatic heterocycles. The van der Waals surface area contributed by atoms with Crippen LogP contribution in [0, 0.1) is 5.92 Å². The molecule has 0 atom stereocenters. The maximum absolute atomic E-state index is 11.9. The first-order chi connectivity index (χ1) is 8.16. The van der Waals surface area contributed by atoms with Crippen molar-refractivity contribution in [3.8, 4) is 0 Å². The van der Waals surface area contributed by atoms with Crippen molar-refractivity contribution in [3.63, 3.8) is 0 Å². The minimum absolute atomic E-state index is 0.114. The lowest BCUT2D eigenvalue weighted by molar-refractivity contribution is -0.119. The SMILES string of the molecule is NC(=S)c1cccc(NC(=O)C2CCCC2)c1. The van der Waals surface area contributed by atoms with Crippen LogP contribution in [0.25, 0.3) is 0 Å². The number of rotatable bonds is 3. The van der Waals surface area contributed by atoms with Gasteiger partial charge in [0, 0.05) is 17.2 Å². The maximum Gasteiger partial charge on any atom is 0.227 e. The molecule has 0 spiro atoms. The number of nitrogens with one attached hydrogen (secondary N) is 1. The van der Waals surface area contributed by atoms with Gasteiger partial charge in [-0.05, 0) is 25.0 Å². The molecule has 1 aliphatic rings. The van der Waals surface area contributed by atoms with E-state index in [1.807, 2.05) is 24.3 Å². The summed E-state index contributed by atoms with van der Waals surface area (Å²) in [7, 11) is 0. The molecule has 0 radical (unpaired) electrons. The number of benzene rings is 1. The van der Waals surface area contributed by atoms with E-state index in [-0.39, 0.29) is 11.8 Å². The first-order valence-electron chi connectivity index (χ1n) is 5.87. The lowest BCUT2D eigenvalue weighted by atomic mass is 10.1. The minimum Gasteiger partial charge on any atom is -0.389 e. The minimum atomic E-state index is 0.114. The summed E-state index contributed by atoms with van der Waals surface area (Å²) >= 11 is 4.91. The molecule has 3 N–H and O–H groups in total. The van der Waals surface area contributed by atoms with E-state index in [0.29, 0.717) is 4.99 Å². The Morgan fingerprint density at radius 3 is 2.71 bits per heavy atom. The van der Waals surface area contributed by atoms with Gasteiger partial charge >= 0.3 is 0 Å². The van der Waals surface area contributed by atoms with E-state index < -0.39 is 0 Å². The van der Waals surface area contributed by atoms with Gasteiger partial charge in [-0.2, -0.15) is 0 Å². The molecule has 0 aromatic heterocycles. The Hall–Kier alpha value is -1.42. The molecular weight excluding hydrogens is 232 g/mol. The van der Waals surface area contributed by atoms with Crippen LogP contribution in [0.3, 0.4) is 0 Å². The van der Waals surface area contributed by atoms with Gasteiger partial charge in [-0.3, -0.25) is 4.79 Å². The largest absolute Gasteiger partial charge is 0.389 e. The highest BCUT2D eigenvalue weighted by Crippen LogP contribution is 2.26. The summed E-state index contributed by atoms with van der Waals surface area (Å²) in [6.07, 6.45) is 4.32. The monoisotopic (exact) mass is 248 g/mol. The number of hydrogen-bond donors (Lipinski definition) is 2. The van der Waals surface area contributed by atoms with E-state index in [2.05, 4.69) is 5.32 Å². The zero-order valence-corrected chi connectivity index (χ0v) is 10.4. The van der Waals surface area contributed by atoms with Crippen LogP contribution in [0.5, 0.6) is 0 Å². The second-order valence-electron chi connectivity index (χ2n) is 4.42. The fraction of sp³-hybridized carbons (Fsp3) is 0.385. The Kier molecular flexibility index (Phi) is 3.74. The third kappa shape index (κ3) is 3.03. The summed E-state index contributed by atoms with van der Waals surface area (Å²) in [5, 5.41) is 2.92. The van der Waals surface area contributed by atoms with Gasteiger partial charge < -0.3 is 11.1 Å². The van der Waals surface area contributed by atoms with Crippen LogP contribution >= 0.6 is 12.2 Å². The number of hydrogen-bond acceptors (Lipinski definition) is 2. The molecular formula is C13H16N2OS. The van der Waals surface area contributed by atoms with Crippen LogP contribution in [0.15, 0.2) is 24.3 Å². The summed E-state index contributed by atoms with van der Waals surface area (Å²) in [4.78, 5) is 12.3. The average Bonchev–Trinajstić information content (AvgIpc) is 2.82. The number of anilines is 1. The van der Waals surface area contributed by atoms with Gasteiger partial charge in [-0.25, -0.2) is 0 Å². The molecule has 2 rings (SSSR count). The zero-order chi connectivity index (χ0) is 12.3. The molecule has 0 heterocycles. The molecule has 1 amide bonds. The molecule has 17 heavy (non-hydrogen) atoms. The summed E-state index contributed by atoms with van der Waals surface area (Å²) in [5.74, 6) is 0.283. The summed E-state index contributed by atoms with van der Waals surface area (Å²) in [6, 6.07) is 7.36. The Bertz CT molecular complexity index is 439. The summed E-state index contributed by atoms with van der Waals surface area (Å²) in [6.45, 7) is 0. The van der Waals surface area contributed by atoms with Crippen molar-refractivity contribution in [1.29, 1.82) is 0 Å². The Balaban J connectivity index is 2.05. The van der Waals surface area contributed by atoms with Crippen LogP contribution in [0.4, 0.5) is 5.69 Å². The fourth-order valence-electron chi connectivity index (χ4n) is 2.18. The van der Waals surface area contributed by atoms with Crippen molar-refractivity contribution >= 4 is 28.8 Å². The third-order valence-electron chi connectivity index (χ3n) is 3.14. The maximum atomic E-state index is 11.9. The first-order valence-corrected chi connectivity index (χ1v) is 6.28. The molecule has 3 nitrogen and oxygen atoms in total. The van der Waals surface area contributed by atoms with Crippen LogP contribution in [-0.4, -0.2) is 10.9 Å². The first kappa shape index (κ1) is 12.0. The molecule has 0 bridgehead atoms. The second kappa shape index (κ2) is 5.27. The van der Waals surface area contributed by atoms with Crippen LogP contribution in [-0.2, 0) is 4.79 Å². The number of carbonyl (C=O) groups is 1. The van der Waals surface area contributed by atoms with Gasteiger partial charge in [-0.15, -0.1) is 0 Å². The fourth-order valence-corrected chi connectivity index (χ4v) is 2.31. The predicted octanol–water partition coefficient (Wildman–Crippen LogP) is 2.45. The molecule has 1 saturated carbocycles. The lowest BCUT2D eigenvalue weighted by Gasteiger charge is -2.11. The number of carbonyl (C=O) groups excluding carboxylic acids is 1. The normalized spacial score (nSPS) is 15.8. The van der Waals surface area contributed by atoms with Crippen LogP contribution in [0.2, 0.25) is 0 Å². The Morgan fingerprint density at radius 1 is 1.35 bits per heavy atom. The van der Waals surface area contributed by atoms with Gasteiger partial charge in [0.25, 0.3) is 0 Å². The van der Waals surface area contributed by atoms with Crippen molar-refractivity contribution < 1.29 is 4.79 Å². The van der Waals surface area contributed by atoms with Crippen LogP contribution in [0.1, 0.15) is 31.2 Å². The van der Waals surface area contributed by atoms with Crippen molar-refractivity contribution in [2.75, 3.05) is 5.32 Å². The van der Waals surface area contributed by atoms with E-state index >= 15 is 0 Å².